The monoisotopic (exact) mass is 1840 g/mol. The number of hydrogen-bond acceptors (Lipinski definition) is 27. The molecule has 0 saturated carbocycles. The minimum atomic E-state index is -4.52. The van der Waals surface area contributed by atoms with Gasteiger partial charge in [-0.1, -0.05) is 111 Å². The first-order valence-corrected chi connectivity index (χ1v) is 45.7. The van der Waals surface area contributed by atoms with Gasteiger partial charge >= 0.3 is 18.2 Å². The summed E-state index contributed by atoms with van der Waals surface area (Å²) in [6.07, 6.45) is -20.1. The van der Waals surface area contributed by atoms with Gasteiger partial charge in [-0.25, -0.2) is 27.6 Å². The molecule has 39 heteroatoms. The summed E-state index contributed by atoms with van der Waals surface area (Å²) >= 11 is 0. The topological polar surface area (TPSA) is 541 Å². The number of aliphatic hydroxyl groups excluding tert-OH is 6. The van der Waals surface area contributed by atoms with E-state index in [1.807, 2.05) is 86.6 Å². The summed E-state index contributed by atoms with van der Waals surface area (Å²) in [5, 5.41) is 88.8. The van der Waals surface area contributed by atoms with Crippen molar-refractivity contribution in [2.45, 2.75) is 259 Å². The minimum absolute atomic E-state index is 0.0201. The van der Waals surface area contributed by atoms with E-state index in [2.05, 4.69) is 36.3 Å². The summed E-state index contributed by atoms with van der Waals surface area (Å²) in [7, 11) is -4.52. The molecule has 0 aromatic heterocycles. The number of hydrogen-bond donors (Lipinski definition) is 14. The van der Waals surface area contributed by atoms with E-state index < -0.39 is 255 Å². The van der Waals surface area contributed by atoms with E-state index in [9.17, 15) is 63.3 Å². The van der Waals surface area contributed by atoms with Crippen molar-refractivity contribution in [3.8, 4) is 28.0 Å². The molecular formula is C92H121N11O27S. The summed E-state index contributed by atoms with van der Waals surface area (Å²) < 4.78 is 81.0. The Hall–Kier alpha value is -10.8. The molecule has 712 valence electrons. The van der Waals surface area contributed by atoms with Gasteiger partial charge in [0.25, 0.3) is 15.9 Å². The molecule has 0 spiro atoms. The maximum Gasteiger partial charge on any atom is 0.417 e. The van der Waals surface area contributed by atoms with Gasteiger partial charge in [0.1, 0.15) is 116 Å². The second-order valence-corrected chi connectivity index (χ2v) is 37.8. The zero-order chi connectivity index (χ0) is 95.0. The fourth-order valence-electron chi connectivity index (χ4n) is 18.3. The number of sulfonamides is 1. The minimum Gasteiger partial charge on any atom is -0.487 e. The molecule has 0 radical (unpaired) electrons. The SMILES string of the molecule is CC(=O)N[C@H]1[C@@H](OC[C@@H](C(=O)N[C@@H](CCCN=C(N)NS(=O)(=O)c2c(C)c(C)c3c(c2C)CCC(C)(C)O3)C(=O)N[C@@H](CC(C)C)C(=O)N2CCC[C@H]2C(=O)NCC(=O)O)N(C(=O)OCC2c3ccccc3-c3ccccc32)C(=O)[C@@H]2CCCN2C(=O)[C@H](COC(C)(C)C)NC(=O)OCC2c3ccccc3-c3ccccc32)O[C@H](CO)[C@H](O)[C@@H]1O[C@@H]1O[C@H](CO)[C@H](O)[C@H](O)[C@H]1O. The maximum atomic E-state index is 16.8. The number of aliphatic imine (C=N–C) groups is 1. The first-order chi connectivity index (χ1) is 62.1. The number of rotatable bonds is 34. The van der Waals surface area contributed by atoms with Gasteiger partial charge in [0.15, 0.2) is 12.6 Å². The van der Waals surface area contributed by atoms with Crippen LogP contribution in [-0.2, 0) is 88.0 Å². The van der Waals surface area contributed by atoms with E-state index in [4.69, 9.17) is 43.6 Å². The number of amides is 9. The number of aliphatic carboxylic acids is 1. The van der Waals surface area contributed by atoms with Crippen molar-refractivity contribution in [2.24, 2.45) is 16.6 Å². The summed E-state index contributed by atoms with van der Waals surface area (Å²) in [6.45, 7) is 12.4. The van der Waals surface area contributed by atoms with Crippen molar-refractivity contribution in [1.82, 2.24) is 46.0 Å². The van der Waals surface area contributed by atoms with Gasteiger partial charge < -0.3 is 116 Å². The molecule has 2 aliphatic carbocycles. The lowest BCUT2D eigenvalue weighted by atomic mass is 9.88. The third kappa shape index (κ3) is 22.8. The number of nitrogens with one attached hydrogen (secondary N) is 6. The predicted octanol–water partition coefficient (Wildman–Crippen LogP) is 2.94. The standard InChI is InChI=1S/C92H121N11O27S/c1-47(2)39-64(83(116)101-37-21-32-66(101)81(114)95-40-71(107)108)98-80(113)63(31-20-36-94-88(93)100-131(121,122)79-49(4)48(3)77-52(50(79)5)34-35-92(10,11)130-77)97-82(115)68(46-123-86-72(96-51(6)106)78(74(110)70(42-105)127-86)129-87-76(112)75(111)73(109)69(41-104)128-87)103(90(120)125-44-62-59-29-18-14-25-55(59)56-26-15-19-30-60(56)62)85(118)67-33-22-38-102(67)84(117)65(45-126-91(7,8)9)99-89(119)124-43-61-57-27-16-12-23-53(57)54-24-13-17-28-58(54)61/h12-19,23-30,47,61-70,72-76,78,86-87,104-105,109-112H,20-22,31-46H2,1-11H3,(H,95,114)(H,96,106)(H,97,115)(H,98,113)(H,99,119)(H,107,108)(H3,93,94,100)/t63-,64-,65-,66-,67-,68-,69+,70+,72+,73-,74-,75-,76+,78+,86-,87-/m0/s1. The van der Waals surface area contributed by atoms with E-state index in [1.165, 1.54) is 4.90 Å². The summed E-state index contributed by atoms with van der Waals surface area (Å²) in [5.74, 6) is -10.4. The molecule has 5 aromatic rings. The van der Waals surface area contributed by atoms with Gasteiger partial charge in [0, 0.05) is 38.4 Å². The van der Waals surface area contributed by atoms with Gasteiger partial charge in [-0.3, -0.25) is 43.3 Å². The molecule has 0 unspecified atom stereocenters. The van der Waals surface area contributed by atoms with Crippen LogP contribution in [0, 0.1) is 26.7 Å². The Kier molecular flexibility index (Phi) is 32.1. The van der Waals surface area contributed by atoms with Gasteiger partial charge in [0.2, 0.25) is 41.4 Å². The second-order valence-electron chi connectivity index (χ2n) is 36.2. The van der Waals surface area contributed by atoms with Crippen LogP contribution in [0.4, 0.5) is 9.59 Å². The van der Waals surface area contributed by atoms with Crippen LogP contribution in [0.15, 0.2) is 107 Å². The zero-order valence-electron chi connectivity index (χ0n) is 75.2. The molecule has 5 aliphatic heterocycles. The number of nitrogens with zero attached hydrogens (tertiary/aromatic N) is 4. The number of carboxylic acid groups (broad SMARTS) is 1. The van der Waals surface area contributed by atoms with Crippen LogP contribution in [-0.4, -0.2) is 299 Å². The highest BCUT2D eigenvalue weighted by atomic mass is 32.2. The predicted molar refractivity (Wildman–Crippen MR) is 471 cm³/mol. The average Bonchev–Trinajstić information content (AvgIpc) is 1.69. The summed E-state index contributed by atoms with van der Waals surface area (Å²) in [6, 6.07) is 17.3. The van der Waals surface area contributed by atoms with Crippen LogP contribution in [0.25, 0.3) is 22.3 Å². The summed E-state index contributed by atoms with van der Waals surface area (Å²) in [5.41, 5.74) is 13.6. The number of imide groups is 1. The highest BCUT2D eigenvalue weighted by Crippen LogP contribution is 2.48. The van der Waals surface area contributed by atoms with Crippen LogP contribution in [0.2, 0.25) is 0 Å². The molecule has 16 atom stereocenters. The normalized spacial score (nSPS) is 23.7. The number of aliphatic hydroxyl groups is 6. The number of benzene rings is 5. The quantitative estimate of drug-likeness (QED) is 0.0160. The number of carboxylic acids is 1. The van der Waals surface area contributed by atoms with Gasteiger partial charge in [-0.2, -0.15) is 0 Å². The smallest absolute Gasteiger partial charge is 0.417 e. The van der Waals surface area contributed by atoms with Crippen LogP contribution >= 0.6 is 0 Å². The molecule has 38 nitrogen and oxygen atoms in total. The van der Waals surface area contributed by atoms with Crippen molar-refractivity contribution in [3.05, 3.63) is 142 Å². The number of carbonyl (C=O) groups excluding carboxylic acids is 9. The van der Waals surface area contributed by atoms with Crippen LogP contribution in [0.3, 0.4) is 0 Å². The number of nitrogens with two attached hydrogens (primary N) is 1. The number of carbonyl (C=O) groups is 10. The van der Waals surface area contributed by atoms with Crippen LogP contribution in [0.5, 0.6) is 5.75 Å². The average molecular weight is 1850 g/mol. The summed E-state index contributed by atoms with van der Waals surface area (Å²) in [4.78, 5) is 157. The fourth-order valence-corrected chi connectivity index (χ4v) is 19.8. The van der Waals surface area contributed by atoms with Crippen molar-refractivity contribution in [3.63, 3.8) is 0 Å². The van der Waals surface area contributed by atoms with Crippen LogP contribution in [0.1, 0.15) is 163 Å². The molecule has 4 saturated heterocycles. The lowest BCUT2D eigenvalue weighted by Crippen LogP contribution is -2.68. The van der Waals surface area contributed by atoms with Gasteiger partial charge in [-0.15, -0.1) is 0 Å². The lowest BCUT2D eigenvalue weighted by Gasteiger charge is -2.47. The number of guanidine groups is 1. The number of fused-ring (bicyclic) bond motifs is 7. The first-order valence-electron chi connectivity index (χ1n) is 44.2. The molecule has 0 bridgehead atoms. The Balaban J connectivity index is 0.945. The molecule has 7 aliphatic rings. The maximum absolute atomic E-state index is 16.8. The molecule has 5 aromatic carbocycles. The first kappa shape index (κ1) is 99.2. The molecular weight excluding hydrogens is 1720 g/mol. The van der Waals surface area contributed by atoms with Crippen molar-refractivity contribution >= 4 is 75.5 Å². The van der Waals surface area contributed by atoms with E-state index in [0.29, 0.717) is 56.9 Å². The molecule has 5 heterocycles. The molecule has 131 heavy (non-hydrogen) atoms. The Bertz CT molecular complexity index is 5110. The van der Waals surface area contributed by atoms with E-state index in [1.54, 1.807) is 79.7 Å². The van der Waals surface area contributed by atoms with Crippen molar-refractivity contribution < 1.29 is 130 Å². The third-order valence-electron chi connectivity index (χ3n) is 24.9. The Morgan fingerprint density at radius 3 is 1.76 bits per heavy atom. The zero-order valence-corrected chi connectivity index (χ0v) is 76.0. The van der Waals surface area contributed by atoms with Gasteiger partial charge in [0.05, 0.1) is 36.9 Å². The number of alkyl carbamates (subject to hydrolysis) is 1. The highest BCUT2D eigenvalue weighted by Gasteiger charge is 2.54. The molecule has 4 fully saturated rings. The van der Waals surface area contributed by atoms with Crippen molar-refractivity contribution in [2.75, 3.05) is 65.8 Å². The third-order valence-corrected chi connectivity index (χ3v) is 26.5. The van der Waals surface area contributed by atoms with Crippen LogP contribution < -0.4 is 41.8 Å². The Morgan fingerprint density at radius 2 is 1.20 bits per heavy atom. The lowest BCUT2D eigenvalue weighted by molar-refractivity contribution is -0.345. The number of ether oxygens (including phenoxy) is 8. The van der Waals surface area contributed by atoms with E-state index >= 15 is 28.8 Å². The van der Waals surface area contributed by atoms with Crippen molar-refractivity contribution in [1.29, 1.82) is 0 Å². The highest BCUT2D eigenvalue weighted by molar-refractivity contribution is 7.90. The number of likely N-dealkylation sites (tertiary alicyclic amines) is 2. The Labute approximate surface area is 759 Å². The Morgan fingerprint density at radius 1 is 0.664 bits per heavy atom. The fraction of sp³-hybridized carbons (Fsp3) is 0.554. The van der Waals surface area contributed by atoms with Gasteiger partial charge in [-0.05, 0) is 186 Å². The van der Waals surface area contributed by atoms with E-state index in [0.717, 1.165) is 45.2 Å². The molecule has 15 N–H and O–H groups in total. The molecule has 9 amide bonds. The van der Waals surface area contributed by atoms with E-state index in [-0.39, 0.29) is 63.1 Å². The molecule has 12 rings (SSSR count). The largest absolute Gasteiger partial charge is 0.487 e. The second kappa shape index (κ2) is 42.4.